The summed E-state index contributed by atoms with van der Waals surface area (Å²) in [5.41, 5.74) is 1.22. The molecule has 172 valence electrons. The second-order valence-corrected chi connectivity index (χ2v) is 8.49. The van der Waals surface area contributed by atoms with Gasteiger partial charge in [0, 0.05) is 0 Å². The third-order valence-electron chi connectivity index (χ3n) is 5.49. The molecule has 0 saturated carbocycles. The van der Waals surface area contributed by atoms with Gasteiger partial charge in [-0.3, -0.25) is 14.5 Å². The molecule has 0 unspecified atom stereocenters. The van der Waals surface area contributed by atoms with Crippen LogP contribution in [0.4, 0.5) is 5.13 Å². The number of carbonyl (C=O) groups excluding carboxylic acids is 2. The highest BCUT2D eigenvalue weighted by atomic mass is 32.1. The molecular formula is C25H20N2O6S. The van der Waals surface area contributed by atoms with Gasteiger partial charge in [-0.1, -0.05) is 23.5 Å². The fourth-order valence-corrected chi connectivity index (χ4v) is 4.95. The van der Waals surface area contributed by atoms with Gasteiger partial charge in [0.05, 0.1) is 41.8 Å². The number of rotatable bonds is 7. The van der Waals surface area contributed by atoms with Crippen LogP contribution >= 0.6 is 11.3 Å². The first kappa shape index (κ1) is 21.7. The van der Waals surface area contributed by atoms with E-state index in [9.17, 15) is 14.7 Å². The largest absolute Gasteiger partial charge is 0.503 e. The molecule has 8 nitrogen and oxygen atoms in total. The molecule has 2 aromatic heterocycles. The zero-order valence-electron chi connectivity index (χ0n) is 18.3. The van der Waals surface area contributed by atoms with Crippen molar-refractivity contribution in [2.24, 2.45) is 0 Å². The summed E-state index contributed by atoms with van der Waals surface area (Å²) in [4.78, 5) is 32.5. The number of fused-ring (bicyclic) bond motifs is 1. The Morgan fingerprint density at radius 1 is 1.18 bits per heavy atom. The molecule has 1 atom stereocenters. The van der Waals surface area contributed by atoms with Gasteiger partial charge < -0.3 is 19.0 Å². The molecule has 3 heterocycles. The average molecular weight is 477 g/mol. The van der Waals surface area contributed by atoms with Crippen LogP contribution in [0, 0.1) is 0 Å². The van der Waals surface area contributed by atoms with Crippen molar-refractivity contribution < 1.29 is 28.6 Å². The predicted molar refractivity (Wildman–Crippen MR) is 127 cm³/mol. The number of aliphatic hydroxyl groups excluding tert-OH is 1. The topological polar surface area (TPSA) is 102 Å². The molecule has 34 heavy (non-hydrogen) atoms. The minimum Gasteiger partial charge on any atom is -0.503 e. The molecule has 5 rings (SSSR count). The van der Waals surface area contributed by atoms with Crippen LogP contribution in [-0.4, -0.2) is 35.5 Å². The zero-order valence-corrected chi connectivity index (χ0v) is 19.2. The summed E-state index contributed by atoms with van der Waals surface area (Å²) < 4.78 is 16.9. The van der Waals surface area contributed by atoms with Crippen LogP contribution in [-0.2, 0) is 4.79 Å². The summed E-state index contributed by atoms with van der Waals surface area (Å²) in [5.74, 6) is -0.562. The Labute approximate surface area is 198 Å². The number of aliphatic hydroxyl groups is 1. The van der Waals surface area contributed by atoms with E-state index in [-0.39, 0.29) is 11.3 Å². The zero-order chi connectivity index (χ0) is 23.8. The lowest BCUT2D eigenvalue weighted by Crippen LogP contribution is -2.30. The number of hydrogen-bond donors (Lipinski definition) is 1. The molecule has 1 N–H and O–H groups in total. The number of ether oxygens (including phenoxy) is 2. The van der Waals surface area contributed by atoms with E-state index in [0.29, 0.717) is 34.3 Å². The Balaban J connectivity index is 1.64. The Hall–Kier alpha value is -4.11. The number of thiazole rings is 1. The highest BCUT2D eigenvalue weighted by Gasteiger charge is 2.46. The van der Waals surface area contributed by atoms with Crippen molar-refractivity contribution in [3.05, 3.63) is 83.5 Å². The van der Waals surface area contributed by atoms with Crippen molar-refractivity contribution in [2.45, 2.75) is 13.0 Å². The van der Waals surface area contributed by atoms with E-state index >= 15 is 0 Å². The molecule has 1 aliphatic heterocycles. The molecular weight excluding hydrogens is 456 g/mol. The SMILES string of the molecule is CCOc1ccc([C@@H]2C(C(=O)c3ccco3)=C(O)C(=O)N2c2nc3ccc(OC)cc3s2)cc1. The molecule has 0 fully saturated rings. The van der Waals surface area contributed by atoms with Crippen molar-refractivity contribution >= 4 is 38.4 Å². The number of hydrogen-bond acceptors (Lipinski definition) is 8. The predicted octanol–water partition coefficient (Wildman–Crippen LogP) is 5.08. The maximum Gasteiger partial charge on any atom is 0.296 e. The van der Waals surface area contributed by atoms with Crippen LogP contribution in [0.2, 0.25) is 0 Å². The van der Waals surface area contributed by atoms with Gasteiger partial charge in [0.1, 0.15) is 11.5 Å². The van der Waals surface area contributed by atoms with E-state index in [1.807, 2.05) is 13.0 Å². The normalized spacial score (nSPS) is 15.9. The number of ketones is 1. The Morgan fingerprint density at radius 2 is 1.94 bits per heavy atom. The third kappa shape index (κ3) is 3.60. The van der Waals surface area contributed by atoms with Crippen LogP contribution in [0.1, 0.15) is 29.1 Å². The maximum atomic E-state index is 13.3. The number of benzene rings is 2. The molecule has 2 aromatic carbocycles. The van der Waals surface area contributed by atoms with Crippen molar-refractivity contribution in [1.29, 1.82) is 0 Å². The average Bonchev–Trinajstić information content (AvgIpc) is 3.58. The fraction of sp³-hybridized carbons (Fsp3) is 0.160. The molecule has 4 aromatic rings. The molecule has 9 heteroatoms. The summed E-state index contributed by atoms with van der Waals surface area (Å²) in [6.07, 6.45) is 1.37. The number of amides is 1. The van der Waals surface area contributed by atoms with Crippen molar-refractivity contribution in [3.63, 3.8) is 0 Å². The summed E-state index contributed by atoms with van der Waals surface area (Å²) in [5, 5.41) is 11.2. The van der Waals surface area contributed by atoms with E-state index in [2.05, 4.69) is 4.98 Å². The van der Waals surface area contributed by atoms with Gasteiger partial charge in [0.15, 0.2) is 16.7 Å². The van der Waals surface area contributed by atoms with Gasteiger partial charge in [0.25, 0.3) is 5.91 Å². The summed E-state index contributed by atoms with van der Waals surface area (Å²) in [6.45, 7) is 2.39. The first-order chi connectivity index (χ1) is 16.5. The number of nitrogens with zero attached hydrogens (tertiary/aromatic N) is 2. The van der Waals surface area contributed by atoms with Gasteiger partial charge in [-0.05, 0) is 55.0 Å². The number of methoxy groups -OCH3 is 1. The lowest BCUT2D eigenvalue weighted by molar-refractivity contribution is -0.117. The van der Waals surface area contributed by atoms with Crippen LogP contribution in [0.3, 0.4) is 0 Å². The van der Waals surface area contributed by atoms with Crippen molar-refractivity contribution in [3.8, 4) is 11.5 Å². The number of aromatic nitrogens is 1. The second kappa shape index (κ2) is 8.68. The van der Waals surface area contributed by atoms with E-state index in [0.717, 1.165) is 4.70 Å². The van der Waals surface area contributed by atoms with E-state index < -0.39 is 23.5 Å². The van der Waals surface area contributed by atoms with E-state index in [1.165, 1.54) is 28.6 Å². The number of anilines is 1. The highest BCUT2D eigenvalue weighted by molar-refractivity contribution is 7.22. The number of carbonyl (C=O) groups is 2. The highest BCUT2D eigenvalue weighted by Crippen LogP contribution is 2.44. The lowest BCUT2D eigenvalue weighted by Gasteiger charge is -2.24. The van der Waals surface area contributed by atoms with Gasteiger partial charge >= 0.3 is 0 Å². The summed E-state index contributed by atoms with van der Waals surface area (Å²) in [6, 6.07) is 14.6. The first-order valence-electron chi connectivity index (χ1n) is 10.5. The Morgan fingerprint density at radius 3 is 2.62 bits per heavy atom. The Bertz CT molecular complexity index is 1410. The minimum atomic E-state index is -0.900. The number of furan rings is 1. The Kier molecular flexibility index (Phi) is 5.54. The standard InChI is InChI=1S/C25H20N2O6S/c1-3-32-15-8-6-14(7-9-15)21-20(22(28)18-5-4-12-33-18)23(29)24(30)27(21)25-26-17-11-10-16(31-2)13-19(17)34-25/h4-13,21,29H,3H2,1-2H3/t21-/m1/s1. The molecule has 0 aliphatic carbocycles. The summed E-state index contributed by atoms with van der Waals surface area (Å²) >= 11 is 1.27. The van der Waals surface area contributed by atoms with Gasteiger partial charge in [-0.15, -0.1) is 0 Å². The molecule has 0 bridgehead atoms. The van der Waals surface area contributed by atoms with Crippen LogP contribution in [0.5, 0.6) is 11.5 Å². The van der Waals surface area contributed by atoms with Gasteiger partial charge in [-0.2, -0.15) is 0 Å². The fourth-order valence-electron chi connectivity index (χ4n) is 3.93. The van der Waals surface area contributed by atoms with Gasteiger partial charge in [-0.25, -0.2) is 4.98 Å². The molecule has 0 saturated heterocycles. The molecule has 1 aliphatic rings. The monoisotopic (exact) mass is 476 g/mol. The number of Topliss-reactive ketones (excluding diaryl/α,β-unsaturated/α-hetero) is 1. The minimum absolute atomic E-state index is 0.0289. The molecule has 1 amide bonds. The lowest BCUT2D eigenvalue weighted by atomic mass is 9.95. The summed E-state index contributed by atoms with van der Waals surface area (Å²) in [7, 11) is 1.57. The van der Waals surface area contributed by atoms with Crippen LogP contribution in [0.25, 0.3) is 10.2 Å². The molecule has 0 spiro atoms. The third-order valence-corrected chi connectivity index (χ3v) is 6.51. The van der Waals surface area contributed by atoms with Crippen molar-refractivity contribution in [1.82, 2.24) is 4.98 Å². The quantitative estimate of drug-likeness (QED) is 0.371. The van der Waals surface area contributed by atoms with Crippen LogP contribution in [0.15, 0.2) is 76.6 Å². The van der Waals surface area contributed by atoms with E-state index in [1.54, 1.807) is 49.6 Å². The second-order valence-electron chi connectivity index (χ2n) is 7.48. The maximum absolute atomic E-state index is 13.3. The van der Waals surface area contributed by atoms with Crippen LogP contribution < -0.4 is 14.4 Å². The van der Waals surface area contributed by atoms with Crippen molar-refractivity contribution in [2.75, 3.05) is 18.6 Å². The van der Waals surface area contributed by atoms with Gasteiger partial charge in [0.2, 0.25) is 5.78 Å². The smallest absolute Gasteiger partial charge is 0.296 e. The first-order valence-corrected chi connectivity index (χ1v) is 11.4. The molecule has 0 radical (unpaired) electrons. The van der Waals surface area contributed by atoms with E-state index in [4.69, 9.17) is 13.9 Å².